The van der Waals surface area contributed by atoms with E-state index in [1.165, 1.54) is 0 Å². The highest BCUT2D eigenvalue weighted by atomic mass is 35.5. The van der Waals surface area contributed by atoms with Crippen molar-refractivity contribution in [2.75, 3.05) is 25.4 Å². The Hall–Kier alpha value is -1.26. The summed E-state index contributed by atoms with van der Waals surface area (Å²) < 4.78 is 5.41. The van der Waals surface area contributed by atoms with Crippen molar-refractivity contribution in [3.05, 3.63) is 29.8 Å². The summed E-state index contributed by atoms with van der Waals surface area (Å²) in [5.41, 5.74) is 7.33. The summed E-state index contributed by atoms with van der Waals surface area (Å²) in [5, 5.41) is 0. The fourth-order valence-corrected chi connectivity index (χ4v) is 1.97. The highest BCUT2D eigenvalue weighted by Crippen LogP contribution is 2.10. The van der Waals surface area contributed by atoms with Gasteiger partial charge in [-0.05, 0) is 24.6 Å². The van der Waals surface area contributed by atoms with E-state index in [1.807, 2.05) is 36.1 Å². The monoisotopic (exact) mass is 270 g/mol. The third kappa shape index (κ3) is 3.89. The standard InChI is InChI=1S/C13H18N2O2.ClH/c1-10-9-15(6-7-17-10)13(16)8-11-2-4-12(14)5-3-11;/h2-5,10H,6-9,14H2,1H3;1H. The number of nitrogens with two attached hydrogens (primary N) is 1. The van der Waals surface area contributed by atoms with Crippen LogP contribution >= 0.6 is 12.4 Å². The van der Waals surface area contributed by atoms with Gasteiger partial charge in [-0.3, -0.25) is 4.79 Å². The number of nitrogen functional groups attached to an aromatic ring is 1. The summed E-state index contributed by atoms with van der Waals surface area (Å²) in [6.07, 6.45) is 0.576. The van der Waals surface area contributed by atoms with E-state index in [2.05, 4.69) is 0 Å². The van der Waals surface area contributed by atoms with E-state index in [9.17, 15) is 4.79 Å². The first-order valence-electron chi connectivity index (χ1n) is 5.89. The second-order valence-electron chi connectivity index (χ2n) is 4.44. The van der Waals surface area contributed by atoms with E-state index in [1.54, 1.807) is 0 Å². The molecule has 0 bridgehead atoms. The van der Waals surface area contributed by atoms with E-state index < -0.39 is 0 Å². The minimum Gasteiger partial charge on any atom is -0.399 e. The number of carbonyl (C=O) groups is 1. The average molecular weight is 271 g/mol. The van der Waals surface area contributed by atoms with Crippen LogP contribution in [0.2, 0.25) is 0 Å². The summed E-state index contributed by atoms with van der Waals surface area (Å²) >= 11 is 0. The largest absolute Gasteiger partial charge is 0.399 e. The van der Waals surface area contributed by atoms with Crippen LogP contribution in [0, 0.1) is 0 Å². The van der Waals surface area contributed by atoms with Crippen molar-refractivity contribution in [2.24, 2.45) is 0 Å². The smallest absolute Gasteiger partial charge is 0.227 e. The zero-order valence-electron chi connectivity index (χ0n) is 10.5. The van der Waals surface area contributed by atoms with E-state index in [0.29, 0.717) is 26.1 Å². The van der Waals surface area contributed by atoms with Gasteiger partial charge in [0, 0.05) is 18.8 Å². The summed E-state index contributed by atoms with van der Waals surface area (Å²) in [7, 11) is 0. The van der Waals surface area contributed by atoms with E-state index in [-0.39, 0.29) is 24.4 Å². The first-order valence-corrected chi connectivity index (χ1v) is 5.89. The molecule has 18 heavy (non-hydrogen) atoms. The number of halogens is 1. The van der Waals surface area contributed by atoms with Gasteiger partial charge in [0.2, 0.25) is 5.91 Å². The molecule has 1 unspecified atom stereocenters. The van der Waals surface area contributed by atoms with Gasteiger partial charge in [0.1, 0.15) is 0 Å². The number of benzene rings is 1. The van der Waals surface area contributed by atoms with E-state index in [0.717, 1.165) is 11.3 Å². The minimum atomic E-state index is 0. The Kier molecular flexibility index (Phi) is 5.44. The van der Waals surface area contributed by atoms with Gasteiger partial charge < -0.3 is 15.4 Å². The quantitative estimate of drug-likeness (QED) is 0.829. The number of ether oxygens (including phenoxy) is 1. The van der Waals surface area contributed by atoms with Gasteiger partial charge in [0.05, 0.1) is 19.1 Å². The van der Waals surface area contributed by atoms with Crippen LogP contribution in [0.15, 0.2) is 24.3 Å². The Morgan fingerprint density at radius 3 is 2.72 bits per heavy atom. The molecule has 2 N–H and O–H groups in total. The summed E-state index contributed by atoms with van der Waals surface area (Å²) in [5.74, 6) is 0.157. The van der Waals surface area contributed by atoms with Gasteiger partial charge in [-0.15, -0.1) is 12.4 Å². The Bertz CT molecular complexity index is 394. The predicted molar refractivity (Wildman–Crippen MR) is 73.8 cm³/mol. The number of morpholine rings is 1. The fraction of sp³-hybridized carbons (Fsp3) is 0.462. The summed E-state index contributed by atoms with van der Waals surface area (Å²) in [6.45, 7) is 4.00. The zero-order chi connectivity index (χ0) is 12.3. The van der Waals surface area contributed by atoms with Crippen LogP contribution in [0.3, 0.4) is 0 Å². The third-order valence-electron chi connectivity index (χ3n) is 2.93. The molecular formula is C13H19ClN2O2. The van der Waals surface area contributed by atoms with Crippen molar-refractivity contribution in [3.8, 4) is 0 Å². The number of hydrogen-bond acceptors (Lipinski definition) is 3. The molecule has 0 aromatic heterocycles. The lowest BCUT2D eigenvalue weighted by Gasteiger charge is -2.31. The number of rotatable bonds is 2. The lowest BCUT2D eigenvalue weighted by atomic mass is 10.1. The normalized spacial score (nSPS) is 19.2. The Labute approximate surface area is 114 Å². The van der Waals surface area contributed by atoms with Crippen LogP contribution in [-0.2, 0) is 16.0 Å². The van der Waals surface area contributed by atoms with Gasteiger partial charge in [-0.25, -0.2) is 0 Å². The van der Waals surface area contributed by atoms with Crippen molar-refractivity contribution in [1.82, 2.24) is 4.90 Å². The molecule has 1 saturated heterocycles. The molecule has 1 aromatic rings. The lowest BCUT2D eigenvalue weighted by molar-refractivity contribution is -0.137. The van der Waals surface area contributed by atoms with Gasteiger partial charge in [-0.2, -0.15) is 0 Å². The van der Waals surface area contributed by atoms with Gasteiger partial charge in [0.25, 0.3) is 0 Å². The van der Waals surface area contributed by atoms with E-state index >= 15 is 0 Å². The second kappa shape index (κ2) is 6.61. The molecule has 0 spiro atoms. The van der Waals surface area contributed by atoms with Crippen LogP contribution < -0.4 is 5.73 Å². The maximum atomic E-state index is 12.0. The third-order valence-corrected chi connectivity index (χ3v) is 2.93. The highest BCUT2D eigenvalue weighted by molar-refractivity contribution is 5.85. The predicted octanol–water partition coefficient (Wildman–Crippen LogP) is 1.48. The van der Waals surface area contributed by atoms with Crippen molar-refractivity contribution < 1.29 is 9.53 Å². The summed E-state index contributed by atoms with van der Waals surface area (Å²) in [6, 6.07) is 7.45. The lowest BCUT2D eigenvalue weighted by Crippen LogP contribution is -2.45. The molecule has 0 aliphatic carbocycles. The number of anilines is 1. The van der Waals surface area contributed by atoms with Crippen LogP contribution in [0.25, 0.3) is 0 Å². The van der Waals surface area contributed by atoms with Gasteiger partial charge in [-0.1, -0.05) is 12.1 Å². The van der Waals surface area contributed by atoms with Gasteiger partial charge >= 0.3 is 0 Å². The number of amides is 1. The molecule has 0 radical (unpaired) electrons. The van der Waals surface area contributed by atoms with Crippen LogP contribution in [-0.4, -0.2) is 36.6 Å². The maximum Gasteiger partial charge on any atom is 0.227 e. The molecule has 100 valence electrons. The molecule has 1 aromatic carbocycles. The molecule has 1 aliphatic heterocycles. The maximum absolute atomic E-state index is 12.0. The molecule has 4 nitrogen and oxygen atoms in total. The average Bonchev–Trinajstić information content (AvgIpc) is 2.32. The molecule has 2 rings (SSSR count). The number of nitrogens with zero attached hydrogens (tertiary/aromatic N) is 1. The summed E-state index contributed by atoms with van der Waals surface area (Å²) in [4.78, 5) is 13.9. The van der Waals surface area contributed by atoms with E-state index in [4.69, 9.17) is 10.5 Å². The van der Waals surface area contributed by atoms with Crippen LogP contribution in [0.5, 0.6) is 0 Å². The molecule has 1 aliphatic rings. The van der Waals surface area contributed by atoms with Crippen molar-refractivity contribution >= 4 is 24.0 Å². The zero-order valence-corrected chi connectivity index (χ0v) is 11.3. The Morgan fingerprint density at radius 1 is 1.44 bits per heavy atom. The van der Waals surface area contributed by atoms with Crippen LogP contribution in [0.4, 0.5) is 5.69 Å². The number of carbonyl (C=O) groups excluding carboxylic acids is 1. The molecule has 1 atom stereocenters. The van der Waals surface area contributed by atoms with Gasteiger partial charge in [0.15, 0.2) is 0 Å². The van der Waals surface area contributed by atoms with Crippen molar-refractivity contribution in [1.29, 1.82) is 0 Å². The molecule has 1 heterocycles. The molecule has 1 fully saturated rings. The highest BCUT2D eigenvalue weighted by Gasteiger charge is 2.21. The van der Waals surface area contributed by atoms with Crippen molar-refractivity contribution in [3.63, 3.8) is 0 Å². The number of hydrogen-bond donors (Lipinski definition) is 1. The van der Waals surface area contributed by atoms with Crippen molar-refractivity contribution in [2.45, 2.75) is 19.4 Å². The Morgan fingerprint density at radius 2 is 2.11 bits per heavy atom. The topological polar surface area (TPSA) is 55.6 Å². The molecular weight excluding hydrogens is 252 g/mol. The first-order chi connectivity index (χ1) is 8.15. The minimum absolute atomic E-state index is 0. The Balaban J connectivity index is 0.00000162. The molecule has 5 heteroatoms. The molecule has 0 saturated carbocycles. The first kappa shape index (κ1) is 14.8. The SMILES string of the molecule is CC1CN(C(=O)Cc2ccc(N)cc2)CCO1.Cl. The van der Waals surface area contributed by atoms with Crippen LogP contribution in [0.1, 0.15) is 12.5 Å². The fourth-order valence-electron chi connectivity index (χ4n) is 1.97. The second-order valence-corrected chi connectivity index (χ2v) is 4.44. The molecule has 1 amide bonds.